The van der Waals surface area contributed by atoms with E-state index in [1.54, 1.807) is 19.1 Å². The summed E-state index contributed by atoms with van der Waals surface area (Å²) in [5.74, 6) is 0.180. The van der Waals surface area contributed by atoms with Crippen LogP contribution in [0.3, 0.4) is 0 Å². The quantitative estimate of drug-likeness (QED) is 0.359. The minimum absolute atomic E-state index is 0.235. The van der Waals surface area contributed by atoms with Crippen LogP contribution >= 0.6 is 15.9 Å². The van der Waals surface area contributed by atoms with Crippen molar-refractivity contribution in [3.05, 3.63) is 38.5 Å². The van der Waals surface area contributed by atoms with Crippen LogP contribution in [0.25, 0.3) is 6.08 Å². The molecule has 7 heteroatoms. The summed E-state index contributed by atoms with van der Waals surface area (Å²) in [5.41, 5.74) is 0.553. The minimum Gasteiger partial charge on any atom is -0.493 e. The van der Waals surface area contributed by atoms with Crippen molar-refractivity contribution < 1.29 is 19.2 Å². The maximum absolute atomic E-state index is 11.3. The van der Waals surface area contributed by atoms with Crippen LogP contribution in [0.5, 0.6) is 11.5 Å². The molecule has 1 aromatic rings. The highest BCUT2D eigenvalue weighted by Crippen LogP contribution is 2.37. The first-order chi connectivity index (χ1) is 8.97. The van der Waals surface area contributed by atoms with Crippen LogP contribution in [0.15, 0.2) is 22.8 Å². The lowest BCUT2D eigenvalue weighted by Gasteiger charge is -2.11. The van der Waals surface area contributed by atoms with Gasteiger partial charge in [-0.2, -0.15) is 0 Å². The monoisotopic (exact) mass is 329 g/mol. The van der Waals surface area contributed by atoms with Crippen molar-refractivity contribution in [2.24, 2.45) is 0 Å². The summed E-state index contributed by atoms with van der Waals surface area (Å²) < 4.78 is 10.7. The van der Waals surface area contributed by atoms with Gasteiger partial charge in [0.1, 0.15) is 0 Å². The fraction of sp³-hybridized carbons (Fsp3) is 0.250. The Kier molecular flexibility index (Phi) is 5.50. The molecule has 0 saturated carbocycles. The Hall–Kier alpha value is -1.89. The summed E-state index contributed by atoms with van der Waals surface area (Å²) >= 11 is 3.24. The van der Waals surface area contributed by atoms with Crippen molar-refractivity contribution in [3.63, 3.8) is 0 Å². The molecule has 1 aromatic carbocycles. The molecular formula is C12H12BrNO5. The Balaban J connectivity index is 3.14. The van der Waals surface area contributed by atoms with Crippen molar-refractivity contribution in [1.29, 1.82) is 0 Å². The van der Waals surface area contributed by atoms with E-state index in [1.165, 1.54) is 13.2 Å². The lowest BCUT2D eigenvalue weighted by Crippen LogP contribution is -2.07. The van der Waals surface area contributed by atoms with Crippen molar-refractivity contribution in [2.75, 3.05) is 7.11 Å². The number of methoxy groups -OCH3 is 1. The second-order valence-electron chi connectivity index (χ2n) is 3.46. The summed E-state index contributed by atoms with van der Waals surface area (Å²) in [6.45, 7) is 1.68. The Morgan fingerprint density at radius 1 is 1.53 bits per heavy atom. The van der Waals surface area contributed by atoms with Crippen LogP contribution < -0.4 is 9.47 Å². The normalized spacial score (nSPS) is 10.5. The molecular weight excluding hydrogens is 318 g/mol. The third-order valence-corrected chi connectivity index (χ3v) is 2.73. The van der Waals surface area contributed by atoms with E-state index in [9.17, 15) is 14.9 Å². The van der Waals surface area contributed by atoms with E-state index in [0.717, 1.165) is 6.20 Å². The molecule has 0 heterocycles. The fourth-order valence-corrected chi connectivity index (χ4v) is 1.81. The number of ether oxygens (including phenoxy) is 2. The highest BCUT2D eigenvalue weighted by molar-refractivity contribution is 9.10. The molecule has 0 aromatic heterocycles. The predicted octanol–water partition coefficient (Wildman–Crippen LogP) is 3.02. The SMILES string of the molecule is CCC(=O)Oc1c(Br)cc(/C=C/[N+](=O)[O-])cc1OC. The van der Waals surface area contributed by atoms with Gasteiger partial charge in [-0.05, 0) is 33.6 Å². The molecule has 0 fully saturated rings. The molecule has 0 spiro atoms. The molecule has 0 aliphatic carbocycles. The molecule has 0 amide bonds. The van der Waals surface area contributed by atoms with Crippen LogP contribution in [0, 0.1) is 10.1 Å². The summed E-state index contributed by atoms with van der Waals surface area (Å²) in [4.78, 5) is 21.0. The highest BCUT2D eigenvalue weighted by atomic mass is 79.9. The first kappa shape index (κ1) is 15.2. The van der Waals surface area contributed by atoms with Gasteiger partial charge in [-0.25, -0.2) is 0 Å². The Bertz CT molecular complexity index is 527. The Morgan fingerprint density at radius 3 is 2.74 bits per heavy atom. The Labute approximate surface area is 118 Å². The van der Waals surface area contributed by atoms with Crippen molar-refractivity contribution in [3.8, 4) is 11.5 Å². The first-order valence-electron chi connectivity index (χ1n) is 5.37. The summed E-state index contributed by atoms with van der Waals surface area (Å²) in [5, 5.41) is 10.3. The number of carbonyl (C=O) groups is 1. The summed E-state index contributed by atoms with van der Waals surface area (Å²) in [7, 11) is 1.42. The molecule has 0 unspecified atom stereocenters. The van der Waals surface area contributed by atoms with E-state index in [2.05, 4.69) is 15.9 Å². The van der Waals surface area contributed by atoms with Gasteiger partial charge in [-0.1, -0.05) is 6.92 Å². The second-order valence-corrected chi connectivity index (χ2v) is 4.32. The number of nitro groups is 1. The molecule has 0 aliphatic rings. The number of carbonyl (C=O) groups excluding carboxylic acids is 1. The number of halogens is 1. The fourth-order valence-electron chi connectivity index (χ4n) is 1.27. The highest BCUT2D eigenvalue weighted by Gasteiger charge is 2.14. The van der Waals surface area contributed by atoms with Gasteiger partial charge in [0.05, 0.1) is 16.5 Å². The van der Waals surface area contributed by atoms with Crippen LogP contribution in [-0.4, -0.2) is 18.0 Å². The van der Waals surface area contributed by atoms with E-state index < -0.39 is 10.9 Å². The molecule has 0 radical (unpaired) electrons. The second kappa shape index (κ2) is 6.89. The molecule has 0 N–H and O–H groups in total. The zero-order valence-corrected chi connectivity index (χ0v) is 12.0. The van der Waals surface area contributed by atoms with E-state index >= 15 is 0 Å². The third-order valence-electron chi connectivity index (χ3n) is 2.15. The zero-order chi connectivity index (χ0) is 14.4. The third kappa shape index (κ3) is 4.36. The van der Waals surface area contributed by atoms with E-state index in [0.29, 0.717) is 15.8 Å². The van der Waals surface area contributed by atoms with Gasteiger partial charge in [0, 0.05) is 12.5 Å². The average Bonchev–Trinajstić information content (AvgIpc) is 2.38. The van der Waals surface area contributed by atoms with Gasteiger partial charge in [-0.3, -0.25) is 14.9 Å². The van der Waals surface area contributed by atoms with Gasteiger partial charge < -0.3 is 9.47 Å². The minimum atomic E-state index is -0.564. The number of benzene rings is 1. The first-order valence-corrected chi connectivity index (χ1v) is 6.17. The van der Waals surface area contributed by atoms with Crippen molar-refractivity contribution in [1.82, 2.24) is 0 Å². The number of rotatable bonds is 5. The maximum atomic E-state index is 11.3. The van der Waals surface area contributed by atoms with Crippen LogP contribution in [0.2, 0.25) is 0 Å². The van der Waals surface area contributed by atoms with Gasteiger partial charge in [-0.15, -0.1) is 0 Å². The van der Waals surface area contributed by atoms with Crippen molar-refractivity contribution >= 4 is 28.0 Å². The molecule has 19 heavy (non-hydrogen) atoms. The van der Waals surface area contributed by atoms with E-state index in [-0.39, 0.29) is 12.2 Å². The summed E-state index contributed by atoms with van der Waals surface area (Å²) in [6, 6.07) is 3.14. The smallest absolute Gasteiger partial charge is 0.311 e. The molecule has 0 atom stereocenters. The molecule has 6 nitrogen and oxygen atoms in total. The standard InChI is InChI=1S/C12H12BrNO5/c1-3-11(15)19-12-9(13)6-8(4-5-14(16)17)7-10(12)18-2/h4-7H,3H2,1-2H3/b5-4+. The lowest BCUT2D eigenvalue weighted by molar-refractivity contribution is -0.400. The Morgan fingerprint density at radius 2 is 2.21 bits per heavy atom. The van der Waals surface area contributed by atoms with Crippen molar-refractivity contribution in [2.45, 2.75) is 13.3 Å². The topological polar surface area (TPSA) is 78.7 Å². The van der Waals surface area contributed by atoms with Gasteiger partial charge in [0.15, 0.2) is 11.5 Å². The zero-order valence-electron chi connectivity index (χ0n) is 10.4. The van der Waals surface area contributed by atoms with Gasteiger partial charge in [0.25, 0.3) is 0 Å². The van der Waals surface area contributed by atoms with E-state index in [1.807, 2.05) is 0 Å². The van der Waals surface area contributed by atoms with Gasteiger partial charge in [0.2, 0.25) is 6.20 Å². The molecule has 102 valence electrons. The van der Waals surface area contributed by atoms with Crippen LogP contribution in [-0.2, 0) is 4.79 Å². The maximum Gasteiger partial charge on any atom is 0.311 e. The molecule has 0 aliphatic heterocycles. The number of esters is 1. The number of nitrogens with zero attached hydrogens (tertiary/aromatic N) is 1. The predicted molar refractivity (Wildman–Crippen MR) is 72.6 cm³/mol. The average molecular weight is 330 g/mol. The summed E-state index contributed by atoms with van der Waals surface area (Å²) in [6.07, 6.45) is 2.37. The number of hydrogen-bond donors (Lipinski definition) is 0. The molecule has 1 rings (SSSR count). The number of hydrogen-bond acceptors (Lipinski definition) is 5. The van der Waals surface area contributed by atoms with Gasteiger partial charge >= 0.3 is 5.97 Å². The molecule has 0 saturated heterocycles. The van der Waals surface area contributed by atoms with Crippen LogP contribution in [0.1, 0.15) is 18.9 Å². The largest absolute Gasteiger partial charge is 0.493 e. The van der Waals surface area contributed by atoms with Crippen LogP contribution in [0.4, 0.5) is 0 Å². The lowest BCUT2D eigenvalue weighted by atomic mass is 10.2. The molecule has 0 bridgehead atoms. The van der Waals surface area contributed by atoms with E-state index in [4.69, 9.17) is 9.47 Å².